The number of rotatable bonds is 9. The SMILES string of the molecule is CCO[Si](C)(CCCNC(=O)c1cc2cc(c1)OCCOCCOc1c3cccc1Cc1cccc4c1OCCOCCOCCOCCOCCOc1c(cccc1C3)Cc1cccc(c1OCCOCCO2)C4)OCC. The minimum atomic E-state index is -2.31. The Bertz CT molecular complexity index is 2390. The molecule has 14 bridgehead atoms. The first-order valence-corrected chi connectivity index (χ1v) is 30.3. The van der Waals surface area contributed by atoms with E-state index in [0.29, 0.717) is 142 Å². The summed E-state index contributed by atoms with van der Waals surface area (Å²) in [5, 5.41) is 3.06. The lowest BCUT2D eigenvalue weighted by Crippen LogP contribution is -2.39. The van der Waals surface area contributed by atoms with Gasteiger partial charge in [0.25, 0.3) is 5.91 Å². The molecule has 16 nitrogen and oxygen atoms in total. The second kappa shape index (κ2) is 31.8. The van der Waals surface area contributed by atoms with Gasteiger partial charge < -0.3 is 71.0 Å². The number of para-hydroxylation sites is 4. The van der Waals surface area contributed by atoms with Crippen LogP contribution in [0.25, 0.3) is 0 Å². The highest BCUT2D eigenvalue weighted by atomic mass is 28.4. The van der Waals surface area contributed by atoms with Crippen LogP contribution in [0.1, 0.15) is 75.1 Å². The summed E-state index contributed by atoms with van der Waals surface area (Å²) in [6.07, 6.45) is 2.86. The molecule has 17 heteroatoms. The summed E-state index contributed by atoms with van der Waals surface area (Å²) in [5.41, 5.74) is 8.49. The first-order valence-electron chi connectivity index (χ1n) is 27.8. The third-order valence-corrected chi connectivity index (χ3v) is 16.4. The fourth-order valence-corrected chi connectivity index (χ4v) is 12.2. The van der Waals surface area contributed by atoms with Crippen LogP contribution in [0.2, 0.25) is 12.6 Å². The van der Waals surface area contributed by atoms with Crippen molar-refractivity contribution in [3.05, 3.63) is 141 Å². The number of fused-ring (bicyclic) bond motifs is 12. The zero-order chi connectivity index (χ0) is 54.0. The van der Waals surface area contributed by atoms with Crippen LogP contribution in [0.15, 0.2) is 91.0 Å². The van der Waals surface area contributed by atoms with Gasteiger partial charge in [-0.05, 0) is 89.5 Å². The Morgan fingerprint density at radius 1 is 0.423 bits per heavy atom. The van der Waals surface area contributed by atoms with Crippen molar-refractivity contribution in [2.24, 2.45) is 0 Å². The van der Waals surface area contributed by atoms with E-state index in [-0.39, 0.29) is 45.5 Å². The van der Waals surface area contributed by atoms with Gasteiger partial charge in [0.15, 0.2) is 0 Å². The molecule has 0 aromatic heterocycles. The maximum Gasteiger partial charge on any atom is 0.334 e. The van der Waals surface area contributed by atoms with Gasteiger partial charge in [-0.15, -0.1) is 0 Å². The average molecular weight is 1090 g/mol. The zero-order valence-corrected chi connectivity index (χ0v) is 46.9. The van der Waals surface area contributed by atoms with E-state index in [2.05, 4.69) is 84.7 Å². The predicted octanol–water partition coefficient (Wildman–Crippen LogP) is 8.73. The number of carbonyl (C=O) groups excluding carboxylic acids is 1. The molecule has 4 aliphatic rings. The van der Waals surface area contributed by atoms with Crippen LogP contribution in [0.5, 0.6) is 34.5 Å². The summed E-state index contributed by atoms with van der Waals surface area (Å²) in [5.74, 6) is 3.89. The highest BCUT2D eigenvalue weighted by Gasteiger charge is 2.30. The van der Waals surface area contributed by atoms with E-state index < -0.39 is 8.56 Å². The highest BCUT2D eigenvalue weighted by Crippen LogP contribution is 2.39. The minimum absolute atomic E-state index is 0.230. The fourth-order valence-electron chi connectivity index (χ4n) is 9.82. The molecule has 1 N–H and O–H groups in total. The Morgan fingerprint density at radius 2 is 0.705 bits per heavy atom. The van der Waals surface area contributed by atoms with Crippen LogP contribution in [-0.4, -0.2) is 153 Å². The van der Waals surface area contributed by atoms with Crippen molar-refractivity contribution in [1.29, 1.82) is 0 Å². The average Bonchev–Trinajstić information content (AvgIpc) is 3.44. The molecular formula is C61H79NO15Si. The van der Waals surface area contributed by atoms with Crippen LogP contribution in [-0.2, 0) is 63.0 Å². The molecule has 0 fully saturated rings. The molecule has 0 unspecified atom stereocenters. The van der Waals surface area contributed by atoms with Crippen LogP contribution in [0, 0.1) is 0 Å². The van der Waals surface area contributed by atoms with E-state index in [9.17, 15) is 4.79 Å². The third kappa shape index (κ3) is 17.9. The summed E-state index contributed by atoms with van der Waals surface area (Å²) in [6.45, 7) is 14.0. The first kappa shape index (κ1) is 58.4. The van der Waals surface area contributed by atoms with Crippen LogP contribution < -0.4 is 33.7 Å². The Balaban J connectivity index is 1.10. The normalized spacial score (nSPS) is 17.0. The number of carbonyl (C=O) groups is 1. The van der Waals surface area contributed by atoms with Crippen molar-refractivity contribution in [3.8, 4) is 34.5 Å². The Hall–Kier alpha value is -5.73. The smallest absolute Gasteiger partial charge is 0.334 e. The molecule has 9 rings (SSSR count). The van der Waals surface area contributed by atoms with E-state index in [1.54, 1.807) is 18.2 Å². The molecular weight excluding hydrogens is 1010 g/mol. The van der Waals surface area contributed by atoms with Gasteiger partial charge in [-0.1, -0.05) is 72.8 Å². The van der Waals surface area contributed by atoms with Crippen molar-refractivity contribution in [1.82, 2.24) is 5.32 Å². The highest BCUT2D eigenvalue weighted by molar-refractivity contribution is 6.66. The molecule has 0 saturated heterocycles. The Morgan fingerprint density at radius 3 is 1.00 bits per heavy atom. The van der Waals surface area contributed by atoms with E-state index >= 15 is 0 Å². The van der Waals surface area contributed by atoms with Gasteiger partial charge in [0.2, 0.25) is 0 Å². The second-order valence-corrected chi connectivity index (χ2v) is 22.5. The fraction of sp³-hybridized carbons (Fsp3) is 0.492. The molecule has 5 aromatic carbocycles. The summed E-state index contributed by atoms with van der Waals surface area (Å²) < 4.78 is 87.4. The molecule has 5 aromatic rings. The van der Waals surface area contributed by atoms with Gasteiger partial charge in [-0.2, -0.15) is 0 Å². The molecule has 1 amide bonds. The summed E-state index contributed by atoms with van der Waals surface area (Å²) in [6, 6.07) is 31.4. The van der Waals surface area contributed by atoms with Crippen LogP contribution in [0.4, 0.5) is 0 Å². The third-order valence-electron chi connectivity index (χ3n) is 13.4. The summed E-state index contributed by atoms with van der Waals surface area (Å²) in [4.78, 5) is 13.6. The molecule has 3 heterocycles. The molecule has 0 saturated carbocycles. The largest absolute Gasteiger partial charge is 0.491 e. The molecule has 422 valence electrons. The lowest BCUT2D eigenvalue weighted by Gasteiger charge is -2.25. The number of hydrogen-bond acceptors (Lipinski definition) is 15. The van der Waals surface area contributed by atoms with Gasteiger partial charge >= 0.3 is 8.56 Å². The van der Waals surface area contributed by atoms with Gasteiger partial charge in [-0.3, -0.25) is 4.79 Å². The standard InChI is InChI=1S/C61H79NO15Si/c1-4-76-78(3,77-5-2)38-10-19-62-61(63)54-43-55-45-56(44-54)71-33-27-69-31-37-75-60-51-16-9-18-53(60)42-49-14-7-13-48-41-52-17-8-15-50(59(52)74-36-30-68-26-32-70-55)39-46-11-6-12-47(40-51)57(46)72-34-28-66-24-22-64-20-21-65-23-25-67-29-35-73-58(48)49/h6-9,11-18,43-45H,4-5,10,19-42H2,1-3H3,(H,62,63). The maximum atomic E-state index is 13.6. The Labute approximate surface area is 461 Å². The van der Waals surface area contributed by atoms with Crippen molar-refractivity contribution in [2.75, 3.05) is 139 Å². The summed E-state index contributed by atoms with van der Waals surface area (Å²) in [7, 11) is -2.31. The number of ether oxygens (including phenoxy) is 12. The van der Waals surface area contributed by atoms with Gasteiger partial charge in [-0.25, -0.2) is 0 Å². The molecule has 0 radical (unpaired) electrons. The number of nitrogens with one attached hydrogen (secondary N) is 1. The second-order valence-electron chi connectivity index (χ2n) is 19.1. The molecule has 0 atom stereocenters. The molecule has 0 spiro atoms. The predicted molar refractivity (Wildman–Crippen MR) is 298 cm³/mol. The zero-order valence-electron chi connectivity index (χ0n) is 45.9. The van der Waals surface area contributed by atoms with Gasteiger partial charge in [0.05, 0.1) is 79.3 Å². The van der Waals surface area contributed by atoms with Crippen molar-refractivity contribution < 1.29 is 70.5 Å². The summed E-state index contributed by atoms with van der Waals surface area (Å²) >= 11 is 0. The van der Waals surface area contributed by atoms with E-state index in [1.807, 2.05) is 13.8 Å². The van der Waals surface area contributed by atoms with Crippen LogP contribution in [0.3, 0.4) is 0 Å². The monoisotopic (exact) mass is 1090 g/mol. The van der Waals surface area contributed by atoms with Crippen molar-refractivity contribution in [3.63, 3.8) is 0 Å². The van der Waals surface area contributed by atoms with E-state index in [4.69, 9.17) is 65.7 Å². The van der Waals surface area contributed by atoms with E-state index in [0.717, 1.165) is 80.0 Å². The van der Waals surface area contributed by atoms with E-state index in [1.165, 1.54) is 0 Å². The molecule has 1 aliphatic carbocycles. The quantitative estimate of drug-likeness (QED) is 0.0832. The van der Waals surface area contributed by atoms with Gasteiger partial charge in [0.1, 0.15) is 74.1 Å². The molecule has 3 aliphatic heterocycles. The topological polar surface area (TPSA) is 158 Å². The Kier molecular flexibility index (Phi) is 23.8. The van der Waals surface area contributed by atoms with Gasteiger partial charge in [0, 0.05) is 57.1 Å². The van der Waals surface area contributed by atoms with Crippen molar-refractivity contribution >= 4 is 14.5 Å². The molecule has 78 heavy (non-hydrogen) atoms. The maximum absolute atomic E-state index is 13.6. The number of benzene rings is 5. The minimum Gasteiger partial charge on any atom is -0.491 e. The number of amides is 1. The van der Waals surface area contributed by atoms with Crippen molar-refractivity contribution in [2.45, 2.75) is 58.5 Å². The lowest BCUT2D eigenvalue weighted by molar-refractivity contribution is -0.00706. The van der Waals surface area contributed by atoms with Crippen LogP contribution >= 0.6 is 0 Å². The first-order chi connectivity index (χ1) is 38.4. The lowest BCUT2D eigenvalue weighted by atomic mass is 9.91. The number of hydrogen-bond donors (Lipinski definition) is 1.